The number of rotatable bonds is 6. The molecule has 1 aromatic heterocycles. The van der Waals surface area contributed by atoms with Crippen LogP contribution in [0.25, 0.3) is 5.69 Å². The first-order valence-corrected chi connectivity index (χ1v) is 10.1. The molecule has 0 unspecified atom stereocenters. The third kappa shape index (κ3) is 4.64. The fraction of sp³-hybridized carbons (Fsp3) is 0.333. The third-order valence-corrected chi connectivity index (χ3v) is 4.92. The highest BCUT2D eigenvalue weighted by atomic mass is 16.7. The Morgan fingerprint density at radius 1 is 1.03 bits per heavy atom. The van der Waals surface area contributed by atoms with Crippen molar-refractivity contribution in [2.45, 2.75) is 40.3 Å². The summed E-state index contributed by atoms with van der Waals surface area (Å²) in [4.78, 5) is 15.1. The van der Waals surface area contributed by atoms with Crippen molar-refractivity contribution in [1.29, 1.82) is 0 Å². The van der Waals surface area contributed by atoms with Gasteiger partial charge in [0.2, 0.25) is 12.7 Å². The van der Waals surface area contributed by atoms with Crippen molar-refractivity contribution in [2.75, 3.05) is 6.79 Å². The van der Waals surface area contributed by atoms with Crippen LogP contribution in [-0.4, -0.2) is 27.4 Å². The van der Waals surface area contributed by atoms with E-state index in [2.05, 4.69) is 25.9 Å². The lowest BCUT2D eigenvalue weighted by atomic mass is 9.91. The zero-order chi connectivity index (χ0) is 21.1. The van der Waals surface area contributed by atoms with Crippen LogP contribution in [0.2, 0.25) is 0 Å². The van der Waals surface area contributed by atoms with Crippen molar-refractivity contribution >= 4 is 5.91 Å². The highest BCUT2D eigenvalue weighted by molar-refractivity contribution is 5.76. The number of carbonyl (C=O) groups excluding carboxylic acids is 1. The summed E-state index contributed by atoms with van der Waals surface area (Å²) in [5.74, 6) is 1.58. The van der Waals surface area contributed by atoms with Crippen LogP contribution in [0.15, 0.2) is 60.8 Å². The van der Waals surface area contributed by atoms with E-state index in [0.717, 1.165) is 28.4 Å². The van der Waals surface area contributed by atoms with Crippen molar-refractivity contribution in [3.63, 3.8) is 0 Å². The van der Waals surface area contributed by atoms with Crippen LogP contribution in [0.5, 0.6) is 11.5 Å². The summed E-state index contributed by atoms with van der Waals surface area (Å²) in [6.45, 7) is 7.44. The first-order chi connectivity index (χ1) is 14.4. The van der Waals surface area contributed by atoms with Gasteiger partial charge in [0.25, 0.3) is 0 Å². The minimum Gasteiger partial charge on any atom is -0.454 e. The minimum atomic E-state index is -0.0934. The van der Waals surface area contributed by atoms with Gasteiger partial charge in [-0.2, -0.15) is 5.10 Å². The maximum Gasteiger partial charge on any atom is 0.231 e. The smallest absolute Gasteiger partial charge is 0.231 e. The van der Waals surface area contributed by atoms with Gasteiger partial charge in [0.05, 0.1) is 17.9 Å². The van der Waals surface area contributed by atoms with Crippen molar-refractivity contribution in [2.24, 2.45) is 5.41 Å². The van der Waals surface area contributed by atoms with Gasteiger partial charge in [-0.05, 0) is 41.3 Å². The van der Waals surface area contributed by atoms with Crippen LogP contribution in [0, 0.1) is 5.41 Å². The molecule has 0 atom stereocenters. The van der Waals surface area contributed by atoms with Gasteiger partial charge in [0, 0.05) is 19.2 Å². The second-order valence-corrected chi connectivity index (χ2v) is 8.74. The van der Waals surface area contributed by atoms with Crippen LogP contribution in [0.1, 0.15) is 38.4 Å². The second-order valence-electron chi connectivity index (χ2n) is 8.74. The predicted molar refractivity (Wildman–Crippen MR) is 114 cm³/mol. The number of fused-ring (bicyclic) bond motifs is 1. The molecule has 1 amide bonds. The molecular formula is C24H27N3O3. The molecule has 0 radical (unpaired) electrons. The molecule has 0 bridgehead atoms. The summed E-state index contributed by atoms with van der Waals surface area (Å²) in [6.07, 6.45) is 2.24. The van der Waals surface area contributed by atoms with Gasteiger partial charge in [0.15, 0.2) is 11.5 Å². The maximum atomic E-state index is 13.2. The Bertz CT molecular complexity index is 1020. The van der Waals surface area contributed by atoms with Gasteiger partial charge >= 0.3 is 0 Å². The lowest BCUT2D eigenvalue weighted by Crippen LogP contribution is -2.33. The van der Waals surface area contributed by atoms with E-state index in [4.69, 9.17) is 9.47 Å². The Morgan fingerprint density at radius 2 is 1.80 bits per heavy atom. The summed E-state index contributed by atoms with van der Waals surface area (Å²) >= 11 is 0. The summed E-state index contributed by atoms with van der Waals surface area (Å²) in [6, 6.07) is 17.8. The highest BCUT2D eigenvalue weighted by Gasteiger charge is 2.24. The number of aromatic nitrogens is 2. The van der Waals surface area contributed by atoms with E-state index in [0.29, 0.717) is 19.5 Å². The monoisotopic (exact) mass is 405 g/mol. The van der Waals surface area contributed by atoms with Crippen LogP contribution in [0.3, 0.4) is 0 Å². The molecule has 0 saturated heterocycles. The van der Waals surface area contributed by atoms with E-state index in [1.807, 2.05) is 64.2 Å². The number of amides is 1. The number of hydrogen-bond acceptors (Lipinski definition) is 4. The topological polar surface area (TPSA) is 56.6 Å². The fourth-order valence-electron chi connectivity index (χ4n) is 3.51. The Morgan fingerprint density at radius 3 is 2.57 bits per heavy atom. The van der Waals surface area contributed by atoms with Crippen molar-refractivity contribution < 1.29 is 14.3 Å². The quantitative estimate of drug-likeness (QED) is 0.603. The molecule has 3 aromatic rings. The molecule has 30 heavy (non-hydrogen) atoms. The van der Waals surface area contributed by atoms with E-state index in [9.17, 15) is 4.79 Å². The number of benzene rings is 2. The van der Waals surface area contributed by atoms with Crippen LogP contribution < -0.4 is 9.47 Å². The minimum absolute atomic E-state index is 0.0934. The molecule has 1 aliphatic heterocycles. The van der Waals surface area contributed by atoms with Gasteiger partial charge in [-0.15, -0.1) is 0 Å². The fourth-order valence-corrected chi connectivity index (χ4v) is 3.51. The predicted octanol–water partition coefficient (Wildman–Crippen LogP) is 4.57. The van der Waals surface area contributed by atoms with Crippen molar-refractivity contribution in [1.82, 2.24) is 14.7 Å². The van der Waals surface area contributed by atoms with Gasteiger partial charge in [-0.3, -0.25) is 4.79 Å². The standard InChI is InChI=1S/C24H27N3O3/c1-24(2,3)14-23(28)26(15-18-9-10-21-22(13-18)30-17-29-21)16-20-11-12-25-27(20)19-7-5-4-6-8-19/h4-13H,14-17H2,1-3H3. The maximum absolute atomic E-state index is 13.2. The zero-order valence-electron chi connectivity index (χ0n) is 17.7. The number of hydrogen-bond donors (Lipinski definition) is 0. The molecule has 1 aliphatic rings. The Balaban J connectivity index is 1.60. The molecule has 0 aliphatic carbocycles. The van der Waals surface area contributed by atoms with Gasteiger partial charge in [-0.1, -0.05) is 45.0 Å². The lowest BCUT2D eigenvalue weighted by molar-refractivity contribution is -0.134. The SMILES string of the molecule is CC(C)(C)CC(=O)N(Cc1ccc2c(c1)OCO2)Cc1ccnn1-c1ccccc1. The normalized spacial score (nSPS) is 12.8. The molecular weight excluding hydrogens is 378 g/mol. The second kappa shape index (κ2) is 8.22. The summed E-state index contributed by atoms with van der Waals surface area (Å²) in [7, 11) is 0. The summed E-state index contributed by atoms with van der Waals surface area (Å²) in [5.41, 5.74) is 2.85. The number of carbonyl (C=O) groups is 1. The number of nitrogens with zero attached hydrogens (tertiary/aromatic N) is 3. The molecule has 156 valence electrons. The average molecular weight is 405 g/mol. The molecule has 2 heterocycles. The molecule has 2 aromatic carbocycles. The Labute approximate surface area is 177 Å². The summed E-state index contributed by atoms with van der Waals surface area (Å²) in [5, 5.41) is 4.47. The Hall–Kier alpha value is -3.28. The third-order valence-electron chi connectivity index (χ3n) is 4.92. The van der Waals surface area contributed by atoms with Gasteiger partial charge in [0.1, 0.15) is 0 Å². The molecule has 0 fully saturated rings. The molecule has 6 nitrogen and oxygen atoms in total. The van der Waals surface area contributed by atoms with E-state index in [1.54, 1.807) is 6.20 Å². The largest absolute Gasteiger partial charge is 0.454 e. The first-order valence-electron chi connectivity index (χ1n) is 10.1. The average Bonchev–Trinajstić information content (AvgIpc) is 3.35. The van der Waals surface area contributed by atoms with Crippen LogP contribution in [0.4, 0.5) is 0 Å². The first kappa shape index (κ1) is 20.0. The zero-order valence-corrected chi connectivity index (χ0v) is 17.7. The van der Waals surface area contributed by atoms with Crippen molar-refractivity contribution in [3.05, 3.63) is 72.1 Å². The molecule has 0 spiro atoms. The number of para-hydroxylation sites is 1. The van der Waals surface area contributed by atoms with E-state index in [1.165, 1.54) is 0 Å². The molecule has 0 N–H and O–H groups in total. The van der Waals surface area contributed by atoms with Gasteiger partial charge in [-0.25, -0.2) is 4.68 Å². The van der Waals surface area contributed by atoms with E-state index < -0.39 is 0 Å². The number of ether oxygens (including phenoxy) is 2. The van der Waals surface area contributed by atoms with E-state index in [-0.39, 0.29) is 18.1 Å². The lowest BCUT2D eigenvalue weighted by Gasteiger charge is -2.27. The molecule has 4 rings (SSSR count). The van der Waals surface area contributed by atoms with Crippen LogP contribution in [-0.2, 0) is 17.9 Å². The van der Waals surface area contributed by atoms with Gasteiger partial charge < -0.3 is 14.4 Å². The van der Waals surface area contributed by atoms with Crippen LogP contribution >= 0.6 is 0 Å². The van der Waals surface area contributed by atoms with E-state index >= 15 is 0 Å². The molecule has 0 saturated carbocycles. The summed E-state index contributed by atoms with van der Waals surface area (Å²) < 4.78 is 12.8. The van der Waals surface area contributed by atoms with Crippen molar-refractivity contribution in [3.8, 4) is 17.2 Å². The highest BCUT2D eigenvalue weighted by Crippen LogP contribution is 2.33. The molecule has 6 heteroatoms. The Kier molecular flexibility index (Phi) is 5.48.